The maximum atomic E-state index is 11.6. The molecular formula is C19H19N4O4+. The van der Waals surface area contributed by atoms with Crippen LogP contribution in [-0.2, 0) is 22.6 Å². The SMILES string of the molecule is COC(=O)c1cccc(Cn2cc[n+](Cc3cccc(C(=O)OC)n3)c2)n1. The number of hydrogen-bond donors (Lipinski definition) is 0. The molecule has 3 aromatic heterocycles. The van der Waals surface area contributed by atoms with Crippen molar-refractivity contribution in [2.24, 2.45) is 0 Å². The van der Waals surface area contributed by atoms with Gasteiger partial charge in [0.1, 0.15) is 36.9 Å². The third-order valence-electron chi connectivity index (χ3n) is 3.84. The lowest BCUT2D eigenvalue weighted by Gasteiger charge is -2.02. The molecule has 0 radical (unpaired) electrons. The molecule has 0 N–H and O–H groups in total. The Morgan fingerprint density at radius 1 is 0.963 bits per heavy atom. The van der Waals surface area contributed by atoms with E-state index in [1.165, 1.54) is 14.2 Å². The summed E-state index contributed by atoms with van der Waals surface area (Å²) >= 11 is 0. The molecule has 3 rings (SSSR count). The van der Waals surface area contributed by atoms with E-state index in [2.05, 4.69) is 9.97 Å². The molecule has 8 nitrogen and oxygen atoms in total. The fourth-order valence-electron chi connectivity index (χ4n) is 2.57. The Morgan fingerprint density at radius 2 is 1.56 bits per heavy atom. The minimum absolute atomic E-state index is 0.277. The summed E-state index contributed by atoms with van der Waals surface area (Å²) in [4.78, 5) is 31.8. The highest BCUT2D eigenvalue weighted by Crippen LogP contribution is 2.04. The summed E-state index contributed by atoms with van der Waals surface area (Å²) in [5.41, 5.74) is 2.04. The van der Waals surface area contributed by atoms with E-state index < -0.39 is 11.9 Å². The number of carbonyl (C=O) groups excluding carboxylic acids is 2. The zero-order valence-corrected chi connectivity index (χ0v) is 15.0. The summed E-state index contributed by atoms with van der Waals surface area (Å²) in [6.07, 6.45) is 5.70. The monoisotopic (exact) mass is 367 g/mol. The van der Waals surface area contributed by atoms with Crippen LogP contribution < -0.4 is 4.57 Å². The van der Waals surface area contributed by atoms with E-state index in [0.717, 1.165) is 11.4 Å². The first-order chi connectivity index (χ1) is 13.1. The molecular weight excluding hydrogens is 348 g/mol. The lowest BCUT2D eigenvalue weighted by atomic mass is 10.3. The standard InChI is InChI=1S/C19H19N4O4/c1-26-18(24)16-7-3-5-14(20-16)11-22-9-10-23(13-22)12-15-6-4-8-17(21-15)19(25)27-2/h3-10,13H,11-12H2,1-2H3/q+1. The molecule has 0 fully saturated rings. The Hall–Kier alpha value is -3.55. The number of hydrogen-bond acceptors (Lipinski definition) is 6. The molecule has 0 amide bonds. The normalized spacial score (nSPS) is 10.4. The number of ether oxygens (including phenoxy) is 2. The molecule has 0 aliphatic rings. The largest absolute Gasteiger partial charge is 0.464 e. The average Bonchev–Trinajstić information content (AvgIpc) is 3.13. The van der Waals surface area contributed by atoms with Crippen LogP contribution in [0, 0.1) is 0 Å². The molecule has 138 valence electrons. The highest BCUT2D eigenvalue weighted by atomic mass is 16.5. The van der Waals surface area contributed by atoms with Gasteiger partial charge < -0.3 is 9.47 Å². The molecule has 0 saturated carbocycles. The van der Waals surface area contributed by atoms with E-state index in [4.69, 9.17) is 9.47 Å². The Balaban J connectivity index is 1.70. The Bertz CT molecular complexity index is 892. The second-order valence-corrected chi connectivity index (χ2v) is 5.77. The van der Waals surface area contributed by atoms with Crippen molar-refractivity contribution in [3.63, 3.8) is 0 Å². The van der Waals surface area contributed by atoms with Crippen molar-refractivity contribution in [1.29, 1.82) is 0 Å². The minimum atomic E-state index is -0.462. The third kappa shape index (κ3) is 4.55. The van der Waals surface area contributed by atoms with Gasteiger partial charge in [0, 0.05) is 0 Å². The molecule has 0 spiro atoms. The van der Waals surface area contributed by atoms with Crippen LogP contribution in [0.1, 0.15) is 32.4 Å². The molecule has 0 aliphatic heterocycles. The van der Waals surface area contributed by atoms with Crippen molar-refractivity contribution >= 4 is 11.9 Å². The molecule has 8 heteroatoms. The van der Waals surface area contributed by atoms with Gasteiger partial charge in [-0.15, -0.1) is 0 Å². The van der Waals surface area contributed by atoms with Gasteiger partial charge in [-0.1, -0.05) is 12.1 Å². The molecule has 3 aromatic rings. The van der Waals surface area contributed by atoms with Crippen LogP contribution in [0.25, 0.3) is 0 Å². The highest BCUT2D eigenvalue weighted by molar-refractivity contribution is 5.87. The number of imidazole rings is 1. The van der Waals surface area contributed by atoms with Crippen LogP contribution in [0.4, 0.5) is 0 Å². The minimum Gasteiger partial charge on any atom is -0.464 e. The highest BCUT2D eigenvalue weighted by Gasteiger charge is 2.12. The number of pyridine rings is 2. The zero-order valence-electron chi connectivity index (χ0n) is 15.0. The summed E-state index contributed by atoms with van der Waals surface area (Å²) in [6, 6.07) is 10.5. The second-order valence-electron chi connectivity index (χ2n) is 5.77. The zero-order chi connectivity index (χ0) is 19.2. The summed E-state index contributed by atoms with van der Waals surface area (Å²) in [6.45, 7) is 1.01. The van der Waals surface area contributed by atoms with Gasteiger partial charge in [-0.3, -0.25) is 0 Å². The van der Waals surface area contributed by atoms with E-state index in [0.29, 0.717) is 13.1 Å². The van der Waals surface area contributed by atoms with Gasteiger partial charge in [0.05, 0.1) is 25.6 Å². The predicted molar refractivity (Wildman–Crippen MR) is 94.0 cm³/mol. The summed E-state index contributed by atoms with van der Waals surface area (Å²) < 4.78 is 13.3. The van der Waals surface area contributed by atoms with Gasteiger partial charge in [0.25, 0.3) is 0 Å². The maximum absolute atomic E-state index is 11.6. The topological polar surface area (TPSA) is 87.2 Å². The van der Waals surface area contributed by atoms with Crippen LogP contribution in [0.5, 0.6) is 0 Å². The van der Waals surface area contributed by atoms with Crippen molar-refractivity contribution in [2.75, 3.05) is 14.2 Å². The number of nitrogens with zero attached hydrogens (tertiary/aromatic N) is 4. The first-order valence-corrected chi connectivity index (χ1v) is 8.22. The predicted octanol–water partition coefficient (Wildman–Crippen LogP) is 1.24. The summed E-state index contributed by atoms with van der Waals surface area (Å²) in [5, 5.41) is 0. The van der Waals surface area contributed by atoms with Crippen molar-refractivity contribution in [3.8, 4) is 0 Å². The van der Waals surface area contributed by atoms with Crippen molar-refractivity contribution < 1.29 is 23.6 Å². The quantitative estimate of drug-likeness (QED) is 0.481. The van der Waals surface area contributed by atoms with Crippen molar-refractivity contribution in [3.05, 3.63) is 77.9 Å². The van der Waals surface area contributed by atoms with Crippen molar-refractivity contribution in [2.45, 2.75) is 13.1 Å². The van der Waals surface area contributed by atoms with Crippen LogP contribution >= 0.6 is 0 Å². The molecule has 3 heterocycles. The number of rotatable bonds is 6. The Labute approximate surface area is 156 Å². The van der Waals surface area contributed by atoms with Crippen LogP contribution in [0.2, 0.25) is 0 Å². The Morgan fingerprint density at radius 3 is 2.19 bits per heavy atom. The molecule has 0 aromatic carbocycles. The van der Waals surface area contributed by atoms with E-state index in [1.54, 1.807) is 24.3 Å². The molecule has 0 atom stereocenters. The number of aromatic nitrogens is 4. The first-order valence-electron chi connectivity index (χ1n) is 8.22. The van der Waals surface area contributed by atoms with E-state index >= 15 is 0 Å². The molecule has 27 heavy (non-hydrogen) atoms. The summed E-state index contributed by atoms with van der Waals surface area (Å²) in [5.74, 6) is -0.924. The first kappa shape index (κ1) is 18.2. The average molecular weight is 367 g/mol. The van der Waals surface area contributed by atoms with Gasteiger partial charge >= 0.3 is 11.9 Å². The number of carbonyl (C=O) groups is 2. The van der Waals surface area contributed by atoms with Crippen molar-refractivity contribution in [1.82, 2.24) is 14.5 Å². The lowest BCUT2D eigenvalue weighted by molar-refractivity contribution is -0.688. The maximum Gasteiger partial charge on any atom is 0.356 e. The molecule has 0 unspecified atom stereocenters. The smallest absolute Gasteiger partial charge is 0.356 e. The fraction of sp³-hybridized carbons (Fsp3) is 0.211. The van der Waals surface area contributed by atoms with Gasteiger partial charge in [0.2, 0.25) is 6.33 Å². The third-order valence-corrected chi connectivity index (χ3v) is 3.84. The van der Waals surface area contributed by atoms with Gasteiger partial charge in [-0.2, -0.15) is 0 Å². The van der Waals surface area contributed by atoms with Crippen LogP contribution in [0.15, 0.2) is 55.1 Å². The lowest BCUT2D eigenvalue weighted by Crippen LogP contribution is -2.32. The van der Waals surface area contributed by atoms with E-state index in [9.17, 15) is 9.59 Å². The van der Waals surface area contributed by atoms with Crippen LogP contribution in [0.3, 0.4) is 0 Å². The fourth-order valence-corrected chi connectivity index (χ4v) is 2.57. The van der Waals surface area contributed by atoms with Gasteiger partial charge in [-0.25, -0.2) is 28.7 Å². The van der Waals surface area contributed by atoms with E-state index in [-0.39, 0.29) is 11.4 Å². The molecule has 0 saturated heterocycles. The van der Waals surface area contributed by atoms with Crippen LogP contribution in [-0.4, -0.2) is 40.7 Å². The molecule has 0 bridgehead atoms. The molecule has 0 aliphatic carbocycles. The number of esters is 2. The van der Waals surface area contributed by atoms with E-state index in [1.807, 2.05) is 40.0 Å². The number of methoxy groups -OCH3 is 2. The second kappa shape index (κ2) is 8.22. The Kier molecular flexibility index (Phi) is 5.55. The summed E-state index contributed by atoms with van der Waals surface area (Å²) in [7, 11) is 2.66. The van der Waals surface area contributed by atoms with Gasteiger partial charge in [0.15, 0.2) is 0 Å². The van der Waals surface area contributed by atoms with Gasteiger partial charge in [-0.05, 0) is 24.3 Å².